The van der Waals surface area contributed by atoms with Crippen molar-refractivity contribution in [2.45, 2.75) is 51.1 Å². The number of hydrogen-bond donors (Lipinski definition) is 4. The minimum absolute atomic E-state index is 0.995. The first-order valence-electron chi connectivity index (χ1n) is 4.32. The molecule has 0 aliphatic rings. The Bertz CT molecular complexity index is 188. The molecule has 0 amide bonds. The first-order chi connectivity index (χ1) is 5.98. The van der Waals surface area contributed by atoms with Crippen LogP contribution < -0.4 is 0 Å². The van der Waals surface area contributed by atoms with Crippen LogP contribution in [0.5, 0.6) is 0 Å². The molecular formula is C9H18O5. The Hall–Kier alpha value is -0.490. The fourth-order valence-corrected chi connectivity index (χ4v) is 0.846. The van der Waals surface area contributed by atoms with Gasteiger partial charge >= 0.3 is 0 Å². The molecule has 0 aliphatic carbocycles. The molecule has 0 aromatic heterocycles. The molecule has 0 heterocycles. The van der Waals surface area contributed by atoms with Gasteiger partial charge in [-0.15, -0.1) is 0 Å². The molecule has 0 bridgehead atoms. The van der Waals surface area contributed by atoms with E-state index in [1.807, 2.05) is 0 Å². The zero-order valence-electron chi connectivity index (χ0n) is 8.85. The van der Waals surface area contributed by atoms with Gasteiger partial charge in [-0.05, 0) is 27.7 Å². The molecule has 0 spiro atoms. The van der Waals surface area contributed by atoms with Gasteiger partial charge in [0.05, 0.1) is 11.2 Å². The zero-order chi connectivity index (χ0) is 11.7. The average Bonchev–Trinajstić information content (AvgIpc) is 1.97. The molecule has 14 heavy (non-hydrogen) atoms. The molecule has 2 unspecified atom stereocenters. The second kappa shape index (κ2) is 3.94. The quantitative estimate of drug-likeness (QED) is 0.464. The van der Waals surface area contributed by atoms with E-state index in [2.05, 4.69) is 0 Å². The fraction of sp³-hybridized carbons (Fsp3) is 0.889. The van der Waals surface area contributed by atoms with Gasteiger partial charge in [-0.2, -0.15) is 0 Å². The molecule has 0 saturated carbocycles. The number of aliphatic hydroxyl groups is 4. The molecule has 0 saturated heterocycles. The first kappa shape index (κ1) is 13.5. The summed E-state index contributed by atoms with van der Waals surface area (Å²) < 4.78 is 0. The van der Waals surface area contributed by atoms with E-state index in [1.54, 1.807) is 0 Å². The van der Waals surface area contributed by atoms with Crippen LogP contribution in [0.1, 0.15) is 27.7 Å². The molecule has 0 aromatic carbocycles. The van der Waals surface area contributed by atoms with Gasteiger partial charge in [-0.1, -0.05) is 0 Å². The van der Waals surface area contributed by atoms with Crippen molar-refractivity contribution in [3.05, 3.63) is 0 Å². The lowest BCUT2D eigenvalue weighted by Crippen LogP contribution is -2.52. The Labute approximate surface area is 83.0 Å². The van der Waals surface area contributed by atoms with Crippen molar-refractivity contribution < 1.29 is 25.2 Å². The zero-order valence-corrected chi connectivity index (χ0v) is 8.85. The molecule has 0 aliphatic heterocycles. The van der Waals surface area contributed by atoms with Crippen LogP contribution in [0.2, 0.25) is 0 Å². The van der Waals surface area contributed by atoms with Crippen LogP contribution >= 0.6 is 0 Å². The molecule has 5 nitrogen and oxygen atoms in total. The number of carbonyl (C=O) groups is 1. The van der Waals surface area contributed by atoms with Crippen LogP contribution in [0.25, 0.3) is 0 Å². The van der Waals surface area contributed by atoms with Gasteiger partial charge in [0.2, 0.25) is 0 Å². The maximum absolute atomic E-state index is 11.3. The van der Waals surface area contributed by atoms with E-state index in [0.29, 0.717) is 0 Å². The Balaban J connectivity index is 4.65. The van der Waals surface area contributed by atoms with Crippen LogP contribution in [0.15, 0.2) is 0 Å². The highest BCUT2D eigenvalue weighted by atomic mass is 16.4. The lowest BCUT2D eigenvalue weighted by atomic mass is 9.89. The summed E-state index contributed by atoms with van der Waals surface area (Å²) in [4.78, 5) is 11.3. The number of ketones is 1. The summed E-state index contributed by atoms with van der Waals surface area (Å²) >= 11 is 0. The highest BCUT2D eigenvalue weighted by Crippen LogP contribution is 2.16. The van der Waals surface area contributed by atoms with Crippen LogP contribution in [-0.2, 0) is 4.79 Å². The van der Waals surface area contributed by atoms with E-state index >= 15 is 0 Å². The molecule has 0 rings (SSSR count). The lowest BCUT2D eigenvalue weighted by molar-refractivity contribution is -0.159. The topological polar surface area (TPSA) is 98.0 Å². The van der Waals surface area contributed by atoms with Gasteiger partial charge in [0, 0.05) is 0 Å². The van der Waals surface area contributed by atoms with Crippen molar-refractivity contribution in [2.75, 3.05) is 0 Å². The van der Waals surface area contributed by atoms with E-state index < -0.39 is 29.2 Å². The Morgan fingerprint density at radius 3 is 1.29 bits per heavy atom. The number of aliphatic hydroxyl groups excluding tert-OH is 2. The third kappa shape index (κ3) is 3.34. The van der Waals surface area contributed by atoms with E-state index in [-0.39, 0.29) is 0 Å². The molecular weight excluding hydrogens is 188 g/mol. The molecule has 84 valence electrons. The van der Waals surface area contributed by atoms with Crippen LogP contribution in [0.3, 0.4) is 0 Å². The Morgan fingerprint density at radius 1 is 0.929 bits per heavy atom. The number of rotatable bonds is 4. The van der Waals surface area contributed by atoms with E-state index in [1.165, 1.54) is 27.7 Å². The van der Waals surface area contributed by atoms with Crippen LogP contribution in [-0.4, -0.2) is 49.6 Å². The summed E-state index contributed by atoms with van der Waals surface area (Å²) in [6.45, 7) is 4.97. The summed E-state index contributed by atoms with van der Waals surface area (Å²) in [6, 6.07) is 0. The summed E-state index contributed by atoms with van der Waals surface area (Å²) in [7, 11) is 0. The minimum Gasteiger partial charge on any atom is -0.387 e. The summed E-state index contributed by atoms with van der Waals surface area (Å²) in [6.07, 6.45) is -3.44. The smallest absolute Gasteiger partial charge is 0.195 e. The van der Waals surface area contributed by atoms with Gasteiger partial charge in [0.1, 0.15) is 12.2 Å². The van der Waals surface area contributed by atoms with E-state index in [4.69, 9.17) is 0 Å². The molecule has 2 atom stereocenters. The number of carbonyl (C=O) groups excluding carboxylic acids is 1. The molecule has 4 N–H and O–H groups in total. The first-order valence-corrected chi connectivity index (χ1v) is 4.32. The monoisotopic (exact) mass is 206 g/mol. The van der Waals surface area contributed by atoms with Gasteiger partial charge in [0.25, 0.3) is 0 Å². The number of Topliss-reactive ketones (excluding diaryl/α,β-unsaturated/α-hetero) is 1. The van der Waals surface area contributed by atoms with Crippen molar-refractivity contribution in [3.8, 4) is 0 Å². The predicted octanol–water partition coefficient (Wildman–Crippen LogP) is -1.18. The van der Waals surface area contributed by atoms with Gasteiger partial charge in [-0.25, -0.2) is 0 Å². The summed E-state index contributed by atoms with van der Waals surface area (Å²) in [5, 5.41) is 37.2. The second-order valence-corrected chi connectivity index (χ2v) is 4.51. The standard InChI is InChI=1S/C9H18O5/c1-8(2,13)6(11)5(10)7(12)9(3,4)14/h6-7,11-14H,1-4H3. The highest BCUT2D eigenvalue weighted by molar-refractivity contribution is 5.88. The Morgan fingerprint density at radius 2 is 1.14 bits per heavy atom. The maximum Gasteiger partial charge on any atom is 0.195 e. The molecule has 0 aromatic rings. The average molecular weight is 206 g/mol. The molecule has 0 fully saturated rings. The normalized spacial score (nSPS) is 17.7. The van der Waals surface area contributed by atoms with Crippen molar-refractivity contribution in [2.24, 2.45) is 0 Å². The van der Waals surface area contributed by atoms with Crippen molar-refractivity contribution in [1.29, 1.82) is 0 Å². The maximum atomic E-state index is 11.3. The molecule has 0 radical (unpaired) electrons. The van der Waals surface area contributed by atoms with Crippen LogP contribution in [0.4, 0.5) is 0 Å². The number of hydrogen-bond acceptors (Lipinski definition) is 5. The van der Waals surface area contributed by atoms with Gasteiger partial charge in [0.15, 0.2) is 5.78 Å². The third-order valence-electron chi connectivity index (χ3n) is 1.88. The summed E-state index contributed by atoms with van der Waals surface area (Å²) in [5.41, 5.74) is -3.27. The second-order valence-electron chi connectivity index (χ2n) is 4.51. The third-order valence-corrected chi connectivity index (χ3v) is 1.88. The molecule has 5 heteroatoms. The van der Waals surface area contributed by atoms with Crippen molar-refractivity contribution in [3.63, 3.8) is 0 Å². The van der Waals surface area contributed by atoms with Crippen molar-refractivity contribution >= 4 is 5.78 Å². The lowest BCUT2D eigenvalue weighted by Gasteiger charge is -2.29. The SMILES string of the molecule is CC(C)(O)C(O)C(=O)C(O)C(C)(C)O. The van der Waals surface area contributed by atoms with Gasteiger partial charge < -0.3 is 20.4 Å². The highest BCUT2D eigenvalue weighted by Gasteiger charge is 2.40. The largest absolute Gasteiger partial charge is 0.387 e. The van der Waals surface area contributed by atoms with Gasteiger partial charge in [-0.3, -0.25) is 4.79 Å². The fourth-order valence-electron chi connectivity index (χ4n) is 0.846. The predicted molar refractivity (Wildman–Crippen MR) is 49.6 cm³/mol. The summed E-state index contributed by atoms with van der Waals surface area (Å²) in [5.74, 6) is -0.995. The van der Waals surface area contributed by atoms with Crippen molar-refractivity contribution in [1.82, 2.24) is 0 Å². The van der Waals surface area contributed by atoms with Crippen LogP contribution in [0, 0.1) is 0 Å². The van der Waals surface area contributed by atoms with E-state index in [0.717, 1.165) is 0 Å². The van der Waals surface area contributed by atoms with E-state index in [9.17, 15) is 25.2 Å². The Kier molecular flexibility index (Phi) is 3.80. The minimum atomic E-state index is -1.72.